The van der Waals surface area contributed by atoms with Crippen molar-refractivity contribution in [2.75, 3.05) is 24.4 Å². The number of amides is 2. The molecular formula is C13H19N3O3S. The van der Waals surface area contributed by atoms with Crippen LogP contribution in [0, 0.1) is 0 Å². The molecule has 0 aliphatic carbocycles. The van der Waals surface area contributed by atoms with Crippen molar-refractivity contribution in [3.8, 4) is 0 Å². The Morgan fingerprint density at radius 2 is 2.20 bits per heavy atom. The highest BCUT2D eigenvalue weighted by Gasteiger charge is 2.16. The molecule has 0 spiro atoms. The SMILES string of the molecule is CSCCC(C)N(C)C(=O)Nc1cncc(C(=O)O)c1. The maximum Gasteiger partial charge on any atom is 0.337 e. The highest BCUT2D eigenvalue weighted by Crippen LogP contribution is 2.11. The molecule has 1 atom stereocenters. The fourth-order valence-electron chi connectivity index (χ4n) is 1.52. The predicted octanol–water partition coefficient (Wildman–Crippen LogP) is 2.39. The maximum absolute atomic E-state index is 12.0. The first-order valence-electron chi connectivity index (χ1n) is 6.16. The first-order chi connectivity index (χ1) is 9.45. The third kappa shape index (κ3) is 4.73. The van der Waals surface area contributed by atoms with E-state index < -0.39 is 5.97 Å². The molecule has 0 aliphatic heterocycles. The number of aromatic nitrogens is 1. The lowest BCUT2D eigenvalue weighted by molar-refractivity contribution is 0.0696. The smallest absolute Gasteiger partial charge is 0.337 e. The van der Waals surface area contributed by atoms with Gasteiger partial charge in [0.15, 0.2) is 0 Å². The molecule has 0 aromatic carbocycles. The number of nitrogens with one attached hydrogen (secondary N) is 1. The van der Waals surface area contributed by atoms with Gasteiger partial charge in [-0.1, -0.05) is 0 Å². The lowest BCUT2D eigenvalue weighted by Gasteiger charge is -2.25. The summed E-state index contributed by atoms with van der Waals surface area (Å²) in [7, 11) is 1.72. The van der Waals surface area contributed by atoms with E-state index in [1.54, 1.807) is 23.7 Å². The van der Waals surface area contributed by atoms with Crippen LogP contribution in [-0.4, -0.2) is 52.1 Å². The molecule has 0 saturated carbocycles. The Hall–Kier alpha value is -1.76. The molecular weight excluding hydrogens is 278 g/mol. The summed E-state index contributed by atoms with van der Waals surface area (Å²) < 4.78 is 0. The number of nitrogens with zero attached hydrogens (tertiary/aromatic N) is 2. The van der Waals surface area contributed by atoms with E-state index in [4.69, 9.17) is 5.11 Å². The van der Waals surface area contributed by atoms with Gasteiger partial charge >= 0.3 is 12.0 Å². The monoisotopic (exact) mass is 297 g/mol. The maximum atomic E-state index is 12.0. The van der Waals surface area contributed by atoms with E-state index in [0.29, 0.717) is 5.69 Å². The summed E-state index contributed by atoms with van der Waals surface area (Å²) >= 11 is 1.73. The minimum absolute atomic E-state index is 0.0425. The van der Waals surface area contributed by atoms with E-state index in [1.165, 1.54) is 18.5 Å². The first-order valence-corrected chi connectivity index (χ1v) is 7.56. The minimum atomic E-state index is -1.07. The van der Waals surface area contributed by atoms with Crippen molar-refractivity contribution in [2.45, 2.75) is 19.4 Å². The van der Waals surface area contributed by atoms with Gasteiger partial charge in [0.1, 0.15) is 0 Å². The molecule has 1 unspecified atom stereocenters. The van der Waals surface area contributed by atoms with Gasteiger partial charge in [-0.15, -0.1) is 0 Å². The summed E-state index contributed by atoms with van der Waals surface area (Å²) in [6.45, 7) is 1.97. The number of pyridine rings is 1. The van der Waals surface area contributed by atoms with E-state index in [9.17, 15) is 9.59 Å². The summed E-state index contributed by atoms with van der Waals surface area (Å²) in [5.74, 6) is -0.0928. The van der Waals surface area contributed by atoms with E-state index in [-0.39, 0.29) is 17.6 Å². The zero-order valence-electron chi connectivity index (χ0n) is 11.8. The molecule has 0 aliphatic rings. The van der Waals surface area contributed by atoms with E-state index in [2.05, 4.69) is 10.3 Å². The standard InChI is InChI=1S/C13H19N3O3S/c1-9(4-5-20-3)16(2)13(19)15-11-6-10(12(17)18)7-14-8-11/h6-9H,4-5H2,1-3H3,(H,15,19)(H,17,18). The molecule has 0 saturated heterocycles. The zero-order chi connectivity index (χ0) is 15.1. The number of hydrogen-bond donors (Lipinski definition) is 2. The van der Waals surface area contributed by atoms with Crippen LogP contribution in [0.25, 0.3) is 0 Å². The average Bonchev–Trinajstić information content (AvgIpc) is 2.44. The largest absolute Gasteiger partial charge is 0.478 e. The van der Waals surface area contributed by atoms with Gasteiger partial charge in [0.2, 0.25) is 0 Å². The molecule has 20 heavy (non-hydrogen) atoms. The molecule has 2 amide bonds. The van der Waals surface area contributed by atoms with Crippen LogP contribution in [0.4, 0.5) is 10.5 Å². The Labute approximate surface area is 122 Å². The van der Waals surface area contributed by atoms with Gasteiger partial charge < -0.3 is 15.3 Å². The highest BCUT2D eigenvalue weighted by molar-refractivity contribution is 7.98. The van der Waals surface area contributed by atoms with Crippen molar-refractivity contribution >= 4 is 29.4 Å². The van der Waals surface area contributed by atoms with Crippen LogP contribution in [0.1, 0.15) is 23.7 Å². The summed E-state index contributed by atoms with van der Waals surface area (Å²) in [5, 5.41) is 11.5. The third-order valence-electron chi connectivity index (χ3n) is 2.96. The number of hydrogen-bond acceptors (Lipinski definition) is 4. The number of aromatic carboxylic acids is 1. The third-order valence-corrected chi connectivity index (χ3v) is 3.60. The number of anilines is 1. The fraction of sp³-hybridized carbons (Fsp3) is 0.462. The number of carboxylic acid groups (broad SMARTS) is 1. The molecule has 1 aromatic heterocycles. The predicted molar refractivity (Wildman–Crippen MR) is 80.4 cm³/mol. The Bertz CT molecular complexity index is 482. The number of rotatable bonds is 6. The Balaban J connectivity index is 2.65. The average molecular weight is 297 g/mol. The van der Waals surface area contributed by atoms with Crippen molar-refractivity contribution < 1.29 is 14.7 Å². The number of thioether (sulfide) groups is 1. The van der Waals surface area contributed by atoms with Gasteiger partial charge in [0.25, 0.3) is 0 Å². The van der Waals surface area contributed by atoms with Crippen LogP contribution in [0.5, 0.6) is 0 Å². The van der Waals surface area contributed by atoms with Gasteiger partial charge in [-0.05, 0) is 31.4 Å². The second-order valence-electron chi connectivity index (χ2n) is 4.44. The number of carboxylic acids is 1. The van der Waals surface area contributed by atoms with Gasteiger partial charge in [-0.2, -0.15) is 11.8 Å². The summed E-state index contributed by atoms with van der Waals surface area (Å²) in [6, 6.07) is 1.22. The Kier molecular flexibility index (Phi) is 6.30. The molecule has 0 bridgehead atoms. The molecule has 1 aromatic rings. The Morgan fingerprint density at radius 3 is 2.80 bits per heavy atom. The van der Waals surface area contributed by atoms with Gasteiger partial charge in [-0.3, -0.25) is 4.98 Å². The van der Waals surface area contributed by atoms with Crippen LogP contribution in [0.15, 0.2) is 18.5 Å². The molecule has 0 fully saturated rings. The van der Waals surface area contributed by atoms with Gasteiger partial charge in [0, 0.05) is 19.3 Å². The van der Waals surface area contributed by atoms with Gasteiger partial charge in [-0.25, -0.2) is 9.59 Å². The number of carbonyl (C=O) groups is 2. The van der Waals surface area contributed by atoms with Crippen molar-refractivity contribution in [3.05, 3.63) is 24.0 Å². The van der Waals surface area contributed by atoms with Crippen LogP contribution in [0.3, 0.4) is 0 Å². The quantitative estimate of drug-likeness (QED) is 0.842. The molecule has 1 rings (SSSR count). The molecule has 1 heterocycles. The highest BCUT2D eigenvalue weighted by atomic mass is 32.2. The van der Waals surface area contributed by atoms with Crippen LogP contribution in [0.2, 0.25) is 0 Å². The minimum Gasteiger partial charge on any atom is -0.478 e. The van der Waals surface area contributed by atoms with Gasteiger partial charge in [0.05, 0.1) is 17.4 Å². The number of urea groups is 1. The van der Waals surface area contributed by atoms with Crippen LogP contribution < -0.4 is 5.32 Å². The summed E-state index contributed by atoms with van der Waals surface area (Å²) in [6.07, 6.45) is 5.59. The van der Waals surface area contributed by atoms with E-state index >= 15 is 0 Å². The molecule has 7 heteroatoms. The Morgan fingerprint density at radius 1 is 1.50 bits per heavy atom. The van der Waals surface area contributed by atoms with Crippen molar-refractivity contribution in [2.24, 2.45) is 0 Å². The van der Waals surface area contributed by atoms with Crippen molar-refractivity contribution in [1.29, 1.82) is 0 Å². The molecule has 0 radical (unpaired) electrons. The number of carbonyl (C=O) groups excluding carboxylic acids is 1. The summed E-state index contributed by atoms with van der Waals surface area (Å²) in [5.41, 5.74) is 0.416. The fourth-order valence-corrected chi connectivity index (χ4v) is 2.10. The molecule has 110 valence electrons. The molecule has 2 N–H and O–H groups in total. The lowest BCUT2D eigenvalue weighted by atomic mass is 10.2. The van der Waals surface area contributed by atoms with Crippen LogP contribution >= 0.6 is 11.8 Å². The molecule has 6 nitrogen and oxygen atoms in total. The van der Waals surface area contributed by atoms with Crippen LogP contribution in [-0.2, 0) is 0 Å². The van der Waals surface area contributed by atoms with E-state index in [1.807, 2.05) is 13.2 Å². The second-order valence-corrected chi connectivity index (χ2v) is 5.42. The topological polar surface area (TPSA) is 82.5 Å². The normalized spacial score (nSPS) is 11.8. The second kappa shape index (κ2) is 7.74. The first kappa shape index (κ1) is 16.3. The van der Waals surface area contributed by atoms with Crippen molar-refractivity contribution in [1.82, 2.24) is 9.88 Å². The lowest BCUT2D eigenvalue weighted by Crippen LogP contribution is -2.38. The summed E-state index contributed by atoms with van der Waals surface area (Å²) in [4.78, 5) is 28.3. The van der Waals surface area contributed by atoms with Crippen molar-refractivity contribution in [3.63, 3.8) is 0 Å². The van der Waals surface area contributed by atoms with E-state index in [0.717, 1.165) is 12.2 Å². The zero-order valence-corrected chi connectivity index (χ0v) is 12.6.